The van der Waals surface area contributed by atoms with Crippen LogP contribution < -0.4 is 4.72 Å². The van der Waals surface area contributed by atoms with Crippen molar-refractivity contribution in [2.45, 2.75) is 13.3 Å². The Morgan fingerprint density at radius 2 is 2.12 bits per heavy atom. The molecule has 1 aromatic carbocycles. The molecule has 2 rings (SSSR count). The van der Waals surface area contributed by atoms with Crippen LogP contribution in [-0.2, 0) is 16.4 Å². The Labute approximate surface area is 101 Å². The first-order valence-corrected chi connectivity index (χ1v) is 7.29. The van der Waals surface area contributed by atoms with Gasteiger partial charge in [-0.1, -0.05) is 12.1 Å². The summed E-state index contributed by atoms with van der Waals surface area (Å²) in [5.74, 6) is 0.128. The van der Waals surface area contributed by atoms with E-state index in [1.165, 1.54) is 5.39 Å². The lowest BCUT2D eigenvalue weighted by Crippen LogP contribution is -2.27. The van der Waals surface area contributed by atoms with Gasteiger partial charge < -0.3 is 4.98 Å². The van der Waals surface area contributed by atoms with Crippen LogP contribution in [0.25, 0.3) is 10.9 Å². The van der Waals surface area contributed by atoms with Crippen molar-refractivity contribution in [3.05, 3.63) is 36.0 Å². The highest BCUT2D eigenvalue weighted by Gasteiger charge is 2.05. The molecule has 0 atom stereocenters. The molecule has 0 aliphatic carbocycles. The number of fused-ring (bicyclic) bond motifs is 1. The number of H-pyrrole nitrogens is 1. The van der Waals surface area contributed by atoms with Crippen molar-refractivity contribution in [2.75, 3.05) is 12.3 Å². The summed E-state index contributed by atoms with van der Waals surface area (Å²) in [7, 11) is -3.08. The second kappa shape index (κ2) is 4.89. The average Bonchev–Trinajstić information content (AvgIpc) is 2.76. The molecule has 2 N–H and O–H groups in total. The zero-order valence-electron chi connectivity index (χ0n) is 9.73. The Kier molecular flexibility index (Phi) is 3.49. The Morgan fingerprint density at radius 3 is 2.88 bits per heavy atom. The molecule has 0 radical (unpaired) electrons. The summed E-state index contributed by atoms with van der Waals surface area (Å²) >= 11 is 0. The van der Waals surface area contributed by atoms with Gasteiger partial charge in [-0.15, -0.1) is 0 Å². The number of rotatable bonds is 5. The van der Waals surface area contributed by atoms with E-state index in [1.807, 2.05) is 24.4 Å². The van der Waals surface area contributed by atoms with Crippen molar-refractivity contribution in [2.24, 2.45) is 0 Å². The van der Waals surface area contributed by atoms with Gasteiger partial charge in [-0.3, -0.25) is 0 Å². The molecule has 0 spiro atoms. The predicted molar refractivity (Wildman–Crippen MR) is 69.5 cm³/mol. The molecular formula is C12H16N2O2S. The van der Waals surface area contributed by atoms with Gasteiger partial charge >= 0.3 is 0 Å². The summed E-state index contributed by atoms with van der Waals surface area (Å²) in [6, 6.07) is 8.13. The molecule has 0 amide bonds. The van der Waals surface area contributed by atoms with Gasteiger partial charge in [-0.2, -0.15) is 0 Å². The van der Waals surface area contributed by atoms with Gasteiger partial charge in [0.25, 0.3) is 0 Å². The molecule has 0 aliphatic rings. The first-order chi connectivity index (χ1) is 8.11. The van der Waals surface area contributed by atoms with Crippen molar-refractivity contribution in [1.82, 2.24) is 9.71 Å². The molecule has 17 heavy (non-hydrogen) atoms. The van der Waals surface area contributed by atoms with E-state index in [0.717, 1.165) is 11.1 Å². The summed E-state index contributed by atoms with van der Waals surface area (Å²) in [4.78, 5) is 3.14. The minimum absolute atomic E-state index is 0.128. The molecule has 0 unspecified atom stereocenters. The third-order valence-electron chi connectivity index (χ3n) is 2.74. The number of hydrogen-bond acceptors (Lipinski definition) is 2. The summed E-state index contributed by atoms with van der Waals surface area (Å²) in [5, 5.41) is 1.17. The van der Waals surface area contributed by atoms with Crippen molar-refractivity contribution < 1.29 is 8.42 Å². The van der Waals surface area contributed by atoms with Crippen LogP contribution in [-0.4, -0.2) is 25.7 Å². The second-order valence-corrected chi connectivity index (χ2v) is 6.04. The number of hydrogen-bond donors (Lipinski definition) is 2. The maximum atomic E-state index is 11.2. The number of aromatic amines is 1. The Hall–Kier alpha value is -1.33. The maximum absolute atomic E-state index is 11.2. The van der Waals surface area contributed by atoms with Crippen molar-refractivity contribution in [3.8, 4) is 0 Å². The fourth-order valence-corrected chi connectivity index (χ4v) is 2.32. The van der Waals surface area contributed by atoms with Gasteiger partial charge in [0.2, 0.25) is 10.0 Å². The predicted octanol–water partition coefficient (Wildman–Crippen LogP) is 1.65. The first kappa shape index (κ1) is 12.1. The molecule has 4 nitrogen and oxygen atoms in total. The van der Waals surface area contributed by atoms with E-state index in [2.05, 4.69) is 15.8 Å². The molecule has 0 aliphatic heterocycles. The van der Waals surface area contributed by atoms with E-state index >= 15 is 0 Å². The van der Waals surface area contributed by atoms with Gasteiger partial charge in [0.1, 0.15) is 0 Å². The molecule has 92 valence electrons. The smallest absolute Gasteiger partial charge is 0.211 e. The minimum atomic E-state index is -3.08. The summed E-state index contributed by atoms with van der Waals surface area (Å²) in [6.07, 6.45) is 2.60. The lowest BCUT2D eigenvalue weighted by Gasteiger charge is -2.04. The molecule has 0 saturated heterocycles. The maximum Gasteiger partial charge on any atom is 0.211 e. The Bertz CT molecular complexity index is 602. The standard InChI is InChI=1S/C12H16N2O2S/c1-2-17(15,16)14-8-5-10-3-4-11-6-7-13-12(11)9-10/h3-4,6-7,9,13-14H,2,5,8H2,1H3. The molecule has 0 bridgehead atoms. The quantitative estimate of drug-likeness (QED) is 0.850. The number of nitrogens with one attached hydrogen (secondary N) is 2. The normalized spacial score (nSPS) is 12.1. The fraction of sp³-hybridized carbons (Fsp3) is 0.333. The van der Waals surface area contributed by atoms with E-state index in [9.17, 15) is 8.42 Å². The summed E-state index contributed by atoms with van der Waals surface area (Å²) < 4.78 is 25.0. The molecule has 1 heterocycles. The molecule has 2 aromatic rings. The monoisotopic (exact) mass is 252 g/mol. The van der Waals surface area contributed by atoms with Crippen molar-refractivity contribution in [1.29, 1.82) is 0 Å². The van der Waals surface area contributed by atoms with Crippen LogP contribution in [0.5, 0.6) is 0 Å². The Morgan fingerprint density at radius 1 is 1.29 bits per heavy atom. The van der Waals surface area contributed by atoms with Crippen LogP contribution in [0.15, 0.2) is 30.5 Å². The van der Waals surface area contributed by atoms with E-state index in [0.29, 0.717) is 13.0 Å². The summed E-state index contributed by atoms with van der Waals surface area (Å²) in [6.45, 7) is 2.08. The van der Waals surface area contributed by atoms with Crippen LogP contribution in [0.2, 0.25) is 0 Å². The molecule has 0 fully saturated rings. The second-order valence-electron chi connectivity index (χ2n) is 3.95. The van der Waals surface area contributed by atoms with Crippen molar-refractivity contribution >= 4 is 20.9 Å². The van der Waals surface area contributed by atoms with Crippen LogP contribution in [0.3, 0.4) is 0 Å². The number of aromatic nitrogens is 1. The third kappa shape index (κ3) is 3.08. The number of benzene rings is 1. The minimum Gasteiger partial charge on any atom is -0.361 e. The van der Waals surface area contributed by atoms with Crippen LogP contribution in [0, 0.1) is 0 Å². The summed E-state index contributed by atoms with van der Waals surface area (Å²) in [5.41, 5.74) is 2.21. The highest BCUT2D eigenvalue weighted by molar-refractivity contribution is 7.89. The van der Waals surface area contributed by atoms with E-state index in [-0.39, 0.29) is 5.75 Å². The highest BCUT2D eigenvalue weighted by atomic mass is 32.2. The van der Waals surface area contributed by atoms with E-state index in [4.69, 9.17) is 0 Å². The van der Waals surface area contributed by atoms with Crippen LogP contribution in [0.1, 0.15) is 12.5 Å². The van der Waals surface area contributed by atoms with Crippen LogP contribution in [0.4, 0.5) is 0 Å². The zero-order valence-corrected chi connectivity index (χ0v) is 10.5. The number of sulfonamides is 1. The van der Waals surface area contributed by atoms with E-state index < -0.39 is 10.0 Å². The molecule has 5 heteroatoms. The van der Waals surface area contributed by atoms with Gasteiger partial charge in [0, 0.05) is 18.3 Å². The molecule has 0 saturated carbocycles. The van der Waals surface area contributed by atoms with Gasteiger partial charge in [0.05, 0.1) is 5.75 Å². The average molecular weight is 252 g/mol. The van der Waals surface area contributed by atoms with Crippen LogP contribution >= 0.6 is 0 Å². The topological polar surface area (TPSA) is 62.0 Å². The Balaban J connectivity index is 1.99. The highest BCUT2D eigenvalue weighted by Crippen LogP contribution is 2.14. The van der Waals surface area contributed by atoms with Gasteiger partial charge in [-0.25, -0.2) is 13.1 Å². The zero-order chi connectivity index (χ0) is 12.3. The van der Waals surface area contributed by atoms with Gasteiger partial charge in [0.15, 0.2) is 0 Å². The fourth-order valence-electron chi connectivity index (χ4n) is 1.70. The van der Waals surface area contributed by atoms with Gasteiger partial charge in [-0.05, 0) is 36.4 Å². The third-order valence-corrected chi connectivity index (χ3v) is 4.14. The van der Waals surface area contributed by atoms with E-state index in [1.54, 1.807) is 6.92 Å². The van der Waals surface area contributed by atoms with Crippen molar-refractivity contribution in [3.63, 3.8) is 0 Å². The molecular weight excluding hydrogens is 236 g/mol. The SMILES string of the molecule is CCS(=O)(=O)NCCc1ccc2cc[nH]c2c1. The largest absolute Gasteiger partial charge is 0.361 e. The first-order valence-electron chi connectivity index (χ1n) is 5.64. The lowest BCUT2D eigenvalue weighted by atomic mass is 10.1. The lowest BCUT2D eigenvalue weighted by molar-refractivity contribution is 0.583. The molecule has 1 aromatic heterocycles.